The molecular weight excluding hydrogens is 272 g/mol. The monoisotopic (exact) mass is 300 g/mol. The van der Waals surface area contributed by atoms with Crippen LogP contribution >= 0.6 is 0 Å². The summed E-state index contributed by atoms with van der Waals surface area (Å²) < 4.78 is 0. The van der Waals surface area contributed by atoms with E-state index in [0.717, 1.165) is 25.2 Å². The number of rotatable bonds is 1. The third-order valence-corrected chi connectivity index (χ3v) is 7.35. The minimum atomic E-state index is -0.107. The predicted octanol–water partition coefficient (Wildman–Crippen LogP) is 4.25. The van der Waals surface area contributed by atoms with Gasteiger partial charge in [-0.3, -0.25) is 0 Å². The van der Waals surface area contributed by atoms with E-state index in [1.807, 2.05) is 12.1 Å². The Kier molecular flexibility index (Phi) is 3.30. The number of hydrogen-bond acceptors (Lipinski definition) is 2. The second kappa shape index (κ2) is 4.99. The highest BCUT2D eigenvalue weighted by molar-refractivity contribution is 5.40. The van der Waals surface area contributed by atoms with Crippen LogP contribution in [0.25, 0.3) is 0 Å². The fourth-order valence-corrected chi connectivity index (χ4v) is 6.11. The SMILES string of the molecule is CC[C@H]1C[C@H]2[C@H]3CCc4cc(O)ccc4[C@H]3CC[C@]2(C)[C@H]1O. The van der Waals surface area contributed by atoms with Crippen LogP contribution in [-0.4, -0.2) is 16.3 Å². The lowest BCUT2D eigenvalue weighted by molar-refractivity contribution is -0.0329. The summed E-state index contributed by atoms with van der Waals surface area (Å²) in [7, 11) is 0. The van der Waals surface area contributed by atoms with Crippen molar-refractivity contribution in [3.05, 3.63) is 29.3 Å². The molecule has 2 heteroatoms. The molecule has 2 nitrogen and oxygen atoms in total. The number of phenols is 1. The zero-order valence-electron chi connectivity index (χ0n) is 13.8. The molecule has 3 aliphatic carbocycles. The van der Waals surface area contributed by atoms with E-state index in [2.05, 4.69) is 19.9 Å². The van der Waals surface area contributed by atoms with Crippen LogP contribution in [0.5, 0.6) is 5.75 Å². The van der Waals surface area contributed by atoms with Gasteiger partial charge in [0.15, 0.2) is 0 Å². The van der Waals surface area contributed by atoms with Gasteiger partial charge >= 0.3 is 0 Å². The highest BCUT2D eigenvalue weighted by Crippen LogP contribution is 2.62. The van der Waals surface area contributed by atoms with E-state index in [0.29, 0.717) is 23.5 Å². The highest BCUT2D eigenvalue weighted by atomic mass is 16.3. The number of phenolic OH excluding ortho intramolecular Hbond substituents is 1. The van der Waals surface area contributed by atoms with Gasteiger partial charge in [0.1, 0.15) is 5.75 Å². The topological polar surface area (TPSA) is 40.5 Å². The van der Waals surface area contributed by atoms with E-state index in [4.69, 9.17) is 0 Å². The zero-order valence-corrected chi connectivity index (χ0v) is 13.8. The van der Waals surface area contributed by atoms with Crippen molar-refractivity contribution in [2.24, 2.45) is 23.2 Å². The summed E-state index contributed by atoms with van der Waals surface area (Å²) in [5.74, 6) is 2.94. The normalized spacial score (nSPS) is 43.3. The van der Waals surface area contributed by atoms with Crippen molar-refractivity contribution >= 4 is 0 Å². The molecule has 3 aliphatic rings. The first kappa shape index (κ1) is 14.6. The van der Waals surface area contributed by atoms with Gasteiger partial charge in [-0.2, -0.15) is 0 Å². The molecule has 0 radical (unpaired) electrons. The number of fused-ring (bicyclic) bond motifs is 5. The second-order valence-electron chi connectivity index (χ2n) is 8.19. The molecule has 0 aromatic heterocycles. The average molecular weight is 300 g/mol. The lowest BCUT2D eigenvalue weighted by Gasteiger charge is -2.50. The lowest BCUT2D eigenvalue weighted by Crippen LogP contribution is -2.44. The van der Waals surface area contributed by atoms with Crippen LogP contribution in [0.4, 0.5) is 0 Å². The van der Waals surface area contributed by atoms with Crippen molar-refractivity contribution in [2.45, 2.75) is 64.4 Å². The Labute approximate surface area is 133 Å². The summed E-state index contributed by atoms with van der Waals surface area (Å²) in [6, 6.07) is 5.98. The summed E-state index contributed by atoms with van der Waals surface area (Å²) in [6.45, 7) is 4.57. The Balaban J connectivity index is 1.69. The molecule has 0 heterocycles. The van der Waals surface area contributed by atoms with E-state index in [9.17, 15) is 10.2 Å². The first-order valence-corrected chi connectivity index (χ1v) is 9.04. The number of aliphatic hydroxyl groups excluding tert-OH is 1. The molecule has 120 valence electrons. The predicted molar refractivity (Wildman–Crippen MR) is 87.9 cm³/mol. The minimum absolute atomic E-state index is 0.107. The standard InChI is InChI=1S/C20H28O2/c1-3-12-11-18-17-6-4-13-10-14(21)5-7-15(13)16(17)8-9-20(18,2)19(12)22/h5,7,10,12,16-19,21-22H,3-4,6,8-9,11H2,1-2H3/t12-,16+,17-,18-,19-,20-/m0/s1. The lowest BCUT2D eigenvalue weighted by atomic mass is 9.55. The van der Waals surface area contributed by atoms with Gasteiger partial charge in [0.2, 0.25) is 0 Å². The summed E-state index contributed by atoms with van der Waals surface area (Å²) in [6.07, 6.45) is 6.87. The highest BCUT2D eigenvalue weighted by Gasteiger charge is 2.57. The van der Waals surface area contributed by atoms with Crippen LogP contribution in [-0.2, 0) is 6.42 Å². The van der Waals surface area contributed by atoms with Gasteiger partial charge in [0.25, 0.3) is 0 Å². The van der Waals surface area contributed by atoms with Crippen LogP contribution < -0.4 is 0 Å². The summed E-state index contributed by atoms with van der Waals surface area (Å²) in [5, 5.41) is 20.6. The molecule has 6 atom stereocenters. The first-order chi connectivity index (χ1) is 10.5. The van der Waals surface area contributed by atoms with Gasteiger partial charge < -0.3 is 10.2 Å². The number of aliphatic hydroxyl groups is 1. The molecule has 2 N–H and O–H groups in total. The Morgan fingerprint density at radius 2 is 2.09 bits per heavy atom. The maximum absolute atomic E-state index is 10.8. The maximum atomic E-state index is 10.8. The molecule has 22 heavy (non-hydrogen) atoms. The fraction of sp³-hybridized carbons (Fsp3) is 0.700. The average Bonchev–Trinajstić information content (AvgIpc) is 2.78. The van der Waals surface area contributed by atoms with Crippen molar-refractivity contribution in [1.82, 2.24) is 0 Å². The molecule has 2 saturated carbocycles. The number of aryl methyl sites for hydroxylation is 1. The van der Waals surface area contributed by atoms with Crippen molar-refractivity contribution in [2.75, 3.05) is 0 Å². The molecule has 1 aromatic carbocycles. The third-order valence-electron chi connectivity index (χ3n) is 7.35. The summed E-state index contributed by atoms with van der Waals surface area (Å²) in [5.41, 5.74) is 2.97. The smallest absolute Gasteiger partial charge is 0.115 e. The molecule has 0 spiro atoms. The molecule has 2 fully saturated rings. The Morgan fingerprint density at radius 3 is 2.86 bits per heavy atom. The molecule has 0 amide bonds. The number of hydrogen-bond donors (Lipinski definition) is 2. The summed E-state index contributed by atoms with van der Waals surface area (Å²) >= 11 is 0. The summed E-state index contributed by atoms with van der Waals surface area (Å²) in [4.78, 5) is 0. The molecule has 1 aromatic rings. The van der Waals surface area contributed by atoms with E-state index in [1.165, 1.54) is 30.4 Å². The Morgan fingerprint density at radius 1 is 1.27 bits per heavy atom. The quantitative estimate of drug-likeness (QED) is 0.814. The van der Waals surface area contributed by atoms with E-state index in [-0.39, 0.29) is 11.5 Å². The zero-order chi connectivity index (χ0) is 15.5. The van der Waals surface area contributed by atoms with Gasteiger partial charge in [-0.05, 0) is 84.5 Å². The molecular formula is C20H28O2. The van der Waals surface area contributed by atoms with Crippen LogP contribution in [0.3, 0.4) is 0 Å². The maximum Gasteiger partial charge on any atom is 0.115 e. The van der Waals surface area contributed by atoms with Crippen LogP contribution in [0.2, 0.25) is 0 Å². The molecule has 4 rings (SSSR count). The molecule has 0 bridgehead atoms. The number of aromatic hydroxyl groups is 1. The molecule has 0 unspecified atom stereocenters. The van der Waals surface area contributed by atoms with Gasteiger partial charge in [0.05, 0.1) is 6.10 Å². The van der Waals surface area contributed by atoms with Crippen LogP contribution in [0.15, 0.2) is 18.2 Å². The first-order valence-electron chi connectivity index (χ1n) is 9.04. The van der Waals surface area contributed by atoms with Gasteiger partial charge in [-0.25, -0.2) is 0 Å². The van der Waals surface area contributed by atoms with Crippen molar-refractivity contribution < 1.29 is 10.2 Å². The second-order valence-corrected chi connectivity index (χ2v) is 8.19. The largest absolute Gasteiger partial charge is 0.508 e. The van der Waals surface area contributed by atoms with Gasteiger partial charge in [-0.15, -0.1) is 0 Å². The van der Waals surface area contributed by atoms with E-state index >= 15 is 0 Å². The molecule has 0 saturated heterocycles. The van der Waals surface area contributed by atoms with Crippen molar-refractivity contribution in [3.8, 4) is 5.75 Å². The van der Waals surface area contributed by atoms with Gasteiger partial charge in [-0.1, -0.05) is 26.3 Å². The van der Waals surface area contributed by atoms with Gasteiger partial charge in [0, 0.05) is 0 Å². The third kappa shape index (κ3) is 1.89. The van der Waals surface area contributed by atoms with E-state index < -0.39 is 0 Å². The number of benzene rings is 1. The molecule has 0 aliphatic heterocycles. The Hall–Kier alpha value is -1.02. The van der Waals surface area contributed by atoms with E-state index in [1.54, 1.807) is 0 Å². The van der Waals surface area contributed by atoms with Crippen molar-refractivity contribution in [1.29, 1.82) is 0 Å². The van der Waals surface area contributed by atoms with Crippen molar-refractivity contribution in [3.63, 3.8) is 0 Å². The minimum Gasteiger partial charge on any atom is -0.508 e. The van der Waals surface area contributed by atoms with Crippen LogP contribution in [0, 0.1) is 23.2 Å². The fourth-order valence-electron chi connectivity index (χ4n) is 6.11. The Bertz CT molecular complexity index is 581. The van der Waals surface area contributed by atoms with Crippen LogP contribution in [0.1, 0.15) is 63.0 Å².